The van der Waals surface area contributed by atoms with Crippen LogP contribution in [-0.4, -0.2) is 4.98 Å². The second-order valence-corrected chi connectivity index (χ2v) is 5.70. The molecule has 0 amide bonds. The Labute approximate surface area is 130 Å². The van der Waals surface area contributed by atoms with Gasteiger partial charge in [-0.15, -0.1) is 0 Å². The van der Waals surface area contributed by atoms with Crippen molar-refractivity contribution in [3.8, 4) is 0 Å². The third-order valence-corrected chi connectivity index (χ3v) is 3.88. The van der Waals surface area contributed by atoms with Gasteiger partial charge in [0.2, 0.25) is 0 Å². The van der Waals surface area contributed by atoms with E-state index < -0.39 is 0 Å². The predicted molar refractivity (Wildman–Crippen MR) is 88.3 cm³/mol. The van der Waals surface area contributed by atoms with Crippen LogP contribution < -0.4 is 11.1 Å². The Hall–Kier alpha value is -2.14. The van der Waals surface area contributed by atoms with E-state index in [0.717, 1.165) is 21.1 Å². The Kier molecular flexibility index (Phi) is 3.51. The normalized spacial score (nSPS) is 10.8. The first kappa shape index (κ1) is 13.8. The summed E-state index contributed by atoms with van der Waals surface area (Å²) in [5.74, 6) is -0.252. The summed E-state index contributed by atoms with van der Waals surface area (Å²) in [6.07, 6.45) is 1.60. The molecule has 3 N–H and O–H groups in total. The second kappa shape index (κ2) is 5.33. The molecule has 0 unspecified atom stereocenters. The molecule has 2 aromatic carbocycles. The van der Waals surface area contributed by atoms with Crippen molar-refractivity contribution in [3.05, 3.63) is 58.4 Å². The van der Waals surface area contributed by atoms with Gasteiger partial charge in [0.1, 0.15) is 5.82 Å². The minimum Gasteiger partial charge on any atom is -0.396 e. The highest BCUT2D eigenvalue weighted by Crippen LogP contribution is 2.33. The number of nitrogens with two attached hydrogens (primary N) is 1. The molecule has 5 heteroatoms. The number of pyridine rings is 1. The van der Waals surface area contributed by atoms with E-state index in [1.807, 2.05) is 24.3 Å². The van der Waals surface area contributed by atoms with Crippen molar-refractivity contribution in [3.63, 3.8) is 0 Å². The molecule has 3 rings (SSSR count). The molecule has 0 aliphatic carbocycles. The van der Waals surface area contributed by atoms with Crippen molar-refractivity contribution in [2.75, 3.05) is 11.1 Å². The summed E-state index contributed by atoms with van der Waals surface area (Å²) in [7, 11) is 0. The molecule has 21 heavy (non-hydrogen) atoms. The van der Waals surface area contributed by atoms with Gasteiger partial charge in [-0.1, -0.05) is 22.0 Å². The van der Waals surface area contributed by atoms with Crippen LogP contribution in [0.5, 0.6) is 0 Å². The first-order chi connectivity index (χ1) is 10.1. The van der Waals surface area contributed by atoms with Gasteiger partial charge >= 0.3 is 0 Å². The van der Waals surface area contributed by atoms with Crippen LogP contribution in [0.1, 0.15) is 5.56 Å². The van der Waals surface area contributed by atoms with Crippen molar-refractivity contribution in [1.29, 1.82) is 0 Å². The molecule has 3 nitrogen and oxygen atoms in total. The molecule has 0 aliphatic rings. The van der Waals surface area contributed by atoms with Crippen LogP contribution in [0.2, 0.25) is 0 Å². The van der Waals surface area contributed by atoms with E-state index in [9.17, 15) is 4.39 Å². The minimum absolute atomic E-state index is 0.252. The Morgan fingerprint density at radius 2 is 2.05 bits per heavy atom. The van der Waals surface area contributed by atoms with Crippen LogP contribution in [0, 0.1) is 12.7 Å². The molecule has 106 valence electrons. The van der Waals surface area contributed by atoms with Gasteiger partial charge in [0.05, 0.1) is 23.1 Å². The van der Waals surface area contributed by atoms with Gasteiger partial charge in [0, 0.05) is 21.1 Å². The largest absolute Gasteiger partial charge is 0.396 e. The number of nitrogen functional groups attached to an aromatic ring is 1. The fourth-order valence-electron chi connectivity index (χ4n) is 2.20. The minimum atomic E-state index is -0.252. The lowest BCUT2D eigenvalue weighted by Crippen LogP contribution is -2.01. The van der Waals surface area contributed by atoms with E-state index in [1.165, 1.54) is 6.07 Å². The third-order valence-electron chi connectivity index (χ3n) is 3.39. The lowest BCUT2D eigenvalue weighted by atomic mass is 10.1. The van der Waals surface area contributed by atoms with Crippen LogP contribution in [0.4, 0.5) is 21.5 Å². The number of benzene rings is 2. The van der Waals surface area contributed by atoms with Crippen LogP contribution in [0.15, 0.2) is 47.1 Å². The molecule has 1 aromatic heterocycles. The molecule has 0 aliphatic heterocycles. The summed E-state index contributed by atoms with van der Waals surface area (Å²) in [6.45, 7) is 1.73. The second-order valence-electron chi connectivity index (χ2n) is 4.79. The molecule has 1 heterocycles. The monoisotopic (exact) mass is 345 g/mol. The van der Waals surface area contributed by atoms with Gasteiger partial charge in [-0.05, 0) is 37.3 Å². The average Bonchev–Trinajstić information content (AvgIpc) is 2.46. The van der Waals surface area contributed by atoms with E-state index in [0.29, 0.717) is 16.9 Å². The number of rotatable bonds is 2. The van der Waals surface area contributed by atoms with Gasteiger partial charge in [-0.3, -0.25) is 4.98 Å². The number of hydrogen-bond acceptors (Lipinski definition) is 3. The van der Waals surface area contributed by atoms with Crippen LogP contribution >= 0.6 is 15.9 Å². The van der Waals surface area contributed by atoms with Gasteiger partial charge < -0.3 is 11.1 Å². The van der Waals surface area contributed by atoms with Gasteiger partial charge in [0.25, 0.3) is 0 Å². The fraction of sp³-hybridized carbons (Fsp3) is 0.0625. The SMILES string of the molecule is Cc1c(F)cccc1Nc1c(N)cnc2ccc(Br)cc12. The first-order valence-electron chi connectivity index (χ1n) is 6.42. The van der Waals surface area contributed by atoms with Gasteiger partial charge in [-0.2, -0.15) is 0 Å². The number of nitrogens with one attached hydrogen (secondary N) is 1. The lowest BCUT2D eigenvalue weighted by molar-refractivity contribution is 0.619. The third kappa shape index (κ3) is 2.56. The number of hydrogen-bond donors (Lipinski definition) is 2. The van der Waals surface area contributed by atoms with Crippen molar-refractivity contribution in [2.45, 2.75) is 6.92 Å². The topological polar surface area (TPSA) is 50.9 Å². The first-order valence-corrected chi connectivity index (χ1v) is 7.21. The van der Waals surface area contributed by atoms with Crippen LogP contribution in [-0.2, 0) is 0 Å². The molecule has 0 radical (unpaired) electrons. The summed E-state index contributed by atoms with van der Waals surface area (Å²) in [6, 6.07) is 10.7. The Morgan fingerprint density at radius 3 is 2.86 bits per heavy atom. The number of halogens is 2. The van der Waals surface area contributed by atoms with Gasteiger partial charge in [0.15, 0.2) is 0 Å². The van der Waals surface area contributed by atoms with Crippen molar-refractivity contribution in [1.82, 2.24) is 4.98 Å². The summed E-state index contributed by atoms with van der Waals surface area (Å²) >= 11 is 3.45. The number of aromatic nitrogens is 1. The van der Waals surface area contributed by atoms with Crippen LogP contribution in [0.25, 0.3) is 10.9 Å². The van der Waals surface area contributed by atoms with E-state index in [2.05, 4.69) is 26.2 Å². The number of nitrogens with zero attached hydrogens (tertiary/aromatic N) is 1. The van der Waals surface area contributed by atoms with Crippen molar-refractivity contribution in [2.24, 2.45) is 0 Å². The molecule has 0 bridgehead atoms. The highest BCUT2D eigenvalue weighted by atomic mass is 79.9. The quantitative estimate of drug-likeness (QED) is 0.703. The maximum absolute atomic E-state index is 13.7. The standard InChI is InChI=1S/C16H13BrFN3/c1-9-12(18)3-2-4-14(9)21-16-11-7-10(17)5-6-15(11)20-8-13(16)19/h2-8H,19H2,1H3,(H,20,21). The summed E-state index contributed by atoms with van der Waals surface area (Å²) < 4.78 is 14.6. The molecule has 0 saturated heterocycles. The highest BCUT2D eigenvalue weighted by Gasteiger charge is 2.10. The highest BCUT2D eigenvalue weighted by molar-refractivity contribution is 9.10. The average molecular weight is 346 g/mol. The Bertz CT molecular complexity index is 828. The Balaban J connectivity index is 2.18. The fourth-order valence-corrected chi connectivity index (χ4v) is 2.56. The molecule has 0 fully saturated rings. The van der Waals surface area contributed by atoms with Crippen molar-refractivity contribution >= 4 is 43.9 Å². The predicted octanol–water partition coefficient (Wildman–Crippen LogP) is 4.77. The number of fused-ring (bicyclic) bond motifs is 1. The van der Waals surface area contributed by atoms with Crippen LogP contribution in [0.3, 0.4) is 0 Å². The van der Waals surface area contributed by atoms with E-state index in [-0.39, 0.29) is 5.82 Å². The van der Waals surface area contributed by atoms with Crippen molar-refractivity contribution < 1.29 is 4.39 Å². The number of anilines is 3. The zero-order valence-electron chi connectivity index (χ0n) is 11.3. The Morgan fingerprint density at radius 1 is 1.24 bits per heavy atom. The molecule has 0 spiro atoms. The summed E-state index contributed by atoms with van der Waals surface area (Å²) in [5.41, 5.74) is 9.35. The molecule has 0 atom stereocenters. The molecular weight excluding hydrogens is 333 g/mol. The van der Waals surface area contributed by atoms with Gasteiger partial charge in [-0.25, -0.2) is 4.39 Å². The lowest BCUT2D eigenvalue weighted by Gasteiger charge is -2.14. The zero-order valence-corrected chi connectivity index (χ0v) is 12.9. The maximum Gasteiger partial charge on any atom is 0.128 e. The van der Waals surface area contributed by atoms with E-state index >= 15 is 0 Å². The molecule has 3 aromatic rings. The van der Waals surface area contributed by atoms with E-state index in [4.69, 9.17) is 5.73 Å². The summed E-state index contributed by atoms with van der Waals surface area (Å²) in [4.78, 5) is 4.30. The molecular formula is C16H13BrFN3. The maximum atomic E-state index is 13.7. The van der Waals surface area contributed by atoms with E-state index in [1.54, 1.807) is 19.2 Å². The molecule has 0 saturated carbocycles. The smallest absolute Gasteiger partial charge is 0.128 e. The summed E-state index contributed by atoms with van der Waals surface area (Å²) in [5, 5.41) is 4.11. The zero-order chi connectivity index (χ0) is 15.0.